The SMILES string of the molecule is Cc1cnn(C2CCN(S(=O)(=O)c3ccc(C#N)c(C)c3)CC2)c1. The standard InChI is InChI=1S/C17H20N4O2S/c1-13-11-19-21(12-13)16-5-7-20(8-6-16)24(22,23)17-4-3-15(10-18)14(2)9-17/h3-4,9,11-12,16H,5-8H2,1-2H3. The van der Waals surface area contributed by atoms with Crippen molar-refractivity contribution < 1.29 is 8.42 Å². The maximum atomic E-state index is 12.8. The summed E-state index contributed by atoms with van der Waals surface area (Å²) in [5.41, 5.74) is 2.29. The number of nitrogens with zero attached hydrogens (tertiary/aromatic N) is 4. The number of benzene rings is 1. The van der Waals surface area contributed by atoms with Crippen molar-refractivity contribution in [1.29, 1.82) is 5.26 Å². The number of aromatic nitrogens is 2. The molecule has 1 aliphatic rings. The van der Waals surface area contributed by atoms with Crippen molar-refractivity contribution in [3.05, 3.63) is 47.3 Å². The van der Waals surface area contributed by atoms with Crippen LogP contribution < -0.4 is 0 Å². The third-order valence-electron chi connectivity index (χ3n) is 4.48. The Kier molecular flexibility index (Phi) is 4.43. The molecule has 6 nitrogen and oxygen atoms in total. The van der Waals surface area contributed by atoms with Gasteiger partial charge < -0.3 is 0 Å². The maximum absolute atomic E-state index is 12.8. The Balaban J connectivity index is 1.75. The molecular formula is C17H20N4O2S. The van der Waals surface area contributed by atoms with Crippen LogP contribution in [0.4, 0.5) is 0 Å². The molecule has 0 saturated carbocycles. The van der Waals surface area contributed by atoms with Gasteiger partial charge in [-0.15, -0.1) is 0 Å². The molecule has 126 valence electrons. The van der Waals surface area contributed by atoms with E-state index in [-0.39, 0.29) is 10.9 Å². The smallest absolute Gasteiger partial charge is 0.243 e. The van der Waals surface area contributed by atoms with Gasteiger partial charge in [-0.05, 0) is 56.0 Å². The van der Waals surface area contributed by atoms with Crippen molar-refractivity contribution in [3.63, 3.8) is 0 Å². The van der Waals surface area contributed by atoms with Crippen LogP contribution in [0.5, 0.6) is 0 Å². The lowest BCUT2D eigenvalue weighted by atomic mass is 10.1. The topological polar surface area (TPSA) is 79.0 Å². The number of hydrogen-bond acceptors (Lipinski definition) is 4. The number of piperidine rings is 1. The van der Waals surface area contributed by atoms with Crippen molar-refractivity contribution in [1.82, 2.24) is 14.1 Å². The number of rotatable bonds is 3. The summed E-state index contributed by atoms with van der Waals surface area (Å²) in [6.07, 6.45) is 5.31. The zero-order valence-corrected chi connectivity index (χ0v) is 14.6. The van der Waals surface area contributed by atoms with Gasteiger partial charge in [0.1, 0.15) is 0 Å². The summed E-state index contributed by atoms with van der Waals surface area (Å²) in [6.45, 7) is 4.70. The molecule has 0 atom stereocenters. The van der Waals surface area contributed by atoms with Crippen LogP contribution >= 0.6 is 0 Å². The molecule has 0 radical (unpaired) electrons. The zero-order chi connectivity index (χ0) is 17.3. The average Bonchev–Trinajstić information content (AvgIpc) is 3.01. The molecule has 1 aliphatic heterocycles. The van der Waals surface area contributed by atoms with Crippen LogP contribution in [0, 0.1) is 25.2 Å². The van der Waals surface area contributed by atoms with E-state index in [1.54, 1.807) is 19.1 Å². The van der Waals surface area contributed by atoms with E-state index >= 15 is 0 Å². The predicted molar refractivity (Wildman–Crippen MR) is 89.9 cm³/mol. The van der Waals surface area contributed by atoms with Crippen LogP contribution in [0.2, 0.25) is 0 Å². The summed E-state index contributed by atoms with van der Waals surface area (Å²) >= 11 is 0. The Morgan fingerprint density at radius 1 is 1.25 bits per heavy atom. The fourth-order valence-corrected chi connectivity index (χ4v) is 4.61. The molecule has 0 unspecified atom stereocenters. The summed E-state index contributed by atoms with van der Waals surface area (Å²) in [7, 11) is -3.52. The number of hydrogen-bond donors (Lipinski definition) is 0. The molecule has 7 heteroatoms. The molecule has 1 saturated heterocycles. The van der Waals surface area contributed by atoms with Gasteiger partial charge >= 0.3 is 0 Å². The van der Waals surface area contributed by atoms with E-state index in [0.29, 0.717) is 24.2 Å². The van der Waals surface area contributed by atoms with Gasteiger partial charge in [-0.2, -0.15) is 14.7 Å². The lowest BCUT2D eigenvalue weighted by Crippen LogP contribution is -2.39. The quantitative estimate of drug-likeness (QED) is 0.856. The molecule has 0 amide bonds. The minimum absolute atomic E-state index is 0.243. The molecular weight excluding hydrogens is 324 g/mol. The third kappa shape index (κ3) is 3.07. The normalized spacial score (nSPS) is 16.9. The Labute approximate surface area is 142 Å². The van der Waals surface area contributed by atoms with E-state index < -0.39 is 10.0 Å². The van der Waals surface area contributed by atoms with Crippen LogP contribution in [0.25, 0.3) is 0 Å². The van der Waals surface area contributed by atoms with Gasteiger partial charge in [-0.25, -0.2) is 8.42 Å². The second-order valence-corrected chi connectivity index (χ2v) is 8.16. The highest BCUT2D eigenvalue weighted by atomic mass is 32.2. The second kappa shape index (κ2) is 6.38. The van der Waals surface area contributed by atoms with Crippen LogP contribution in [-0.4, -0.2) is 35.6 Å². The van der Waals surface area contributed by atoms with Gasteiger partial charge in [0.2, 0.25) is 10.0 Å². The fourth-order valence-electron chi connectivity index (χ4n) is 3.05. The molecule has 1 aromatic carbocycles. The van der Waals surface area contributed by atoms with Crippen molar-refractivity contribution in [2.45, 2.75) is 37.6 Å². The lowest BCUT2D eigenvalue weighted by molar-refractivity contribution is 0.261. The summed E-state index contributed by atoms with van der Waals surface area (Å²) < 4.78 is 29.1. The van der Waals surface area contributed by atoms with E-state index in [1.807, 2.05) is 24.0 Å². The minimum Gasteiger partial charge on any atom is -0.269 e. The highest BCUT2D eigenvalue weighted by molar-refractivity contribution is 7.89. The molecule has 0 bridgehead atoms. The first kappa shape index (κ1) is 16.7. The Morgan fingerprint density at radius 3 is 2.50 bits per heavy atom. The predicted octanol–water partition coefficient (Wildman–Crippen LogP) is 2.40. The highest BCUT2D eigenvalue weighted by Gasteiger charge is 2.30. The van der Waals surface area contributed by atoms with Crippen LogP contribution in [0.15, 0.2) is 35.5 Å². The first-order chi connectivity index (χ1) is 11.4. The first-order valence-corrected chi connectivity index (χ1v) is 9.37. The molecule has 1 aromatic heterocycles. The van der Waals surface area contributed by atoms with Gasteiger partial charge in [0.05, 0.1) is 28.8 Å². The molecule has 1 fully saturated rings. The Hall–Kier alpha value is -2.17. The summed E-state index contributed by atoms with van der Waals surface area (Å²) in [5, 5.41) is 13.3. The molecule has 24 heavy (non-hydrogen) atoms. The first-order valence-electron chi connectivity index (χ1n) is 7.93. The molecule has 0 aliphatic carbocycles. The summed E-state index contributed by atoms with van der Waals surface area (Å²) in [4.78, 5) is 0.257. The average molecular weight is 344 g/mol. The lowest BCUT2D eigenvalue weighted by Gasteiger charge is -2.31. The van der Waals surface area contributed by atoms with E-state index in [2.05, 4.69) is 11.2 Å². The largest absolute Gasteiger partial charge is 0.269 e. The fraction of sp³-hybridized carbons (Fsp3) is 0.412. The molecule has 3 rings (SSSR count). The Morgan fingerprint density at radius 2 is 1.96 bits per heavy atom. The van der Waals surface area contributed by atoms with Gasteiger partial charge in [0, 0.05) is 19.3 Å². The van der Waals surface area contributed by atoms with Crippen molar-refractivity contribution in [2.75, 3.05) is 13.1 Å². The Bertz CT molecular complexity index is 888. The minimum atomic E-state index is -3.52. The van der Waals surface area contributed by atoms with E-state index in [9.17, 15) is 8.42 Å². The molecule has 2 heterocycles. The highest BCUT2D eigenvalue weighted by Crippen LogP contribution is 2.27. The summed E-state index contributed by atoms with van der Waals surface area (Å²) in [6, 6.07) is 6.97. The van der Waals surface area contributed by atoms with Crippen molar-refractivity contribution >= 4 is 10.0 Å². The van der Waals surface area contributed by atoms with Crippen LogP contribution in [0.1, 0.15) is 35.6 Å². The number of aryl methyl sites for hydroxylation is 2. The number of nitriles is 1. The zero-order valence-electron chi connectivity index (χ0n) is 13.8. The molecule has 0 N–H and O–H groups in total. The van der Waals surface area contributed by atoms with E-state index in [1.165, 1.54) is 10.4 Å². The second-order valence-electron chi connectivity index (χ2n) is 6.22. The van der Waals surface area contributed by atoms with Crippen molar-refractivity contribution in [2.24, 2.45) is 0 Å². The van der Waals surface area contributed by atoms with E-state index in [0.717, 1.165) is 18.4 Å². The van der Waals surface area contributed by atoms with Gasteiger partial charge in [0.15, 0.2) is 0 Å². The number of sulfonamides is 1. The molecule has 2 aromatic rings. The van der Waals surface area contributed by atoms with Gasteiger partial charge in [-0.1, -0.05) is 0 Å². The summed E-state index contributed by atoms with van der Waals surface area (Å²) in [5.74, 6) is 0. The van der Waals surface area contributed by atoms with Gasteiger partial charge in [0.25, 0.3) is 0 Å². The van der Waals surface area contributed by atoms with Crippen LogP contribution in [0.3, 0.4) is 0 Å². The van der Waals surface area contributed by atoms with Crippen molar-refractivity contribution in [3.8, 4) is 6.07 Å². The molecule has 0 spiro atoms. The van der Waals surface area contributed by atoms with E-state index in [4.69, 9.17) is 5.26 Å². The maximum Gasteiger partial charge on any atom is 0.243 e. The van der Waals surface area contributed by atoms with Crippen LogP contribution in [-0.2, 0) is 10.0 Å². The third-order valence-corrected chi connectivity index (χ3v) is 6.38. The van der Waals surface area contributed by atoms with Gasteiger partial charge in [-0.3, -0.25) is 4.68 Å². The monoisotopic (exact) mass is 344 g/mol.